The largest absolute Gasteiger partial charge is 0.316 e. The molecule has 1 aliphatic heterocycles. The number of piperidine rings is 1. The maximum Gasteiger partial charge on any atom is 0.113 e. The van der Waals surface area contributed by atoms with E-state index >= 15 is 0 Å². The molecule has 0 bridgehead atoms. The monoisotopic (exact) mass is 312 g/mol. The summed E-state index contributed by atoms with van der Waals surface area (Å²) in [5.41, 5.74) is 1.20. The van der Waals surface area contributed by atoms with Crippen molar-refractivity contribution in [3.63, 3.8) is 0 Å². The molecule has 3 rings (SSSR count). The van der Waals surface area contributed by atoms with Gasteiger partial charge in [-0.25, -0.2) is 4.98 Å². The molecular weight excluding hydrogens is 299 g/mol. The SMILES string of the molecule is Clc1cnc(C2CCNCC2c2ccccc2Cl)s1. The number of aromatic nitrogens is 1. The fourth-order valence-electron chi connectivity index (χ4n) is 2.70. The highest BCUT2D eigenvalue weighted by atomic mass is 35.5. The zero-order valence-electron chi connectivity index (χ0n) is 10.3. The molecule has 2 nitrogen and oxygen atoms in total. The van der Waals surface area contributed by atoms with Crippen LogP contribution in [0.4, 0.5) is 0 Å². The predicted molar refractivity (Wildman–Crippen MR) is 81.5 cm³/mol. The number of rotatable bonds is 2. The van der Waals surface area contributed by atoms with Gasteiger partial charge in [0.25, 0.3) is 0 Å². The Labute approximate surface area is 126 Å². The standard InChI is InChI=1S/C14H14Cl2N2S/c15-12-4-2-1-3-9(12)11-7-17-6-5-10(11)14-18-8-13(16)19-14/h1-4,8,10-11,17H,5-7H2. The molecule has 1 fully saturated rings. The number of nitrogens with zero attached hydrogens (tertiary/aromatic N) is 1. The highest BCUT2D eigenvalue weighted by molar-refractivity contribution is 7.15. The lowest BCUT2D eigenvalue weighted by Crippen LogP contribution is -2.34. The van der Waals surface area contributed by atoms with Crippen LogP contribution in [-0.4, -0.2) is 18.1 Å². The Morgan fingerprint density at radius 3 is 2.79 bits per heavy atom. The molecule has 0 saturated carbocycles. The Balaban J connectivity index is 1.96. The van der Waals surface area contributed by atoms with E-state index in [4.69, 9.17) is 23.2 Å². The Hall–Kier alpha value is -0.610. The van der Waals surface area contributed by atoms with Crippen molar-refractivity contribution in [2.75, 3.05) is 13.1 Å². The minimum atomic E-state index is 0.365. The van der Waals surface area contributed by atoms with Gasteiger partial charge in [-0.2, -0.15) is 0 Å². The number of nitrogens with one attached hydrogen (secondary N) is 1. The summed E-state index contributed by atoms with van der Waals surface area (Å²) >= 11 is 13.9. The number of thiazole rings is 1. The molecule has 2 unspecified atom stereocenters. The molecule has 100 valence electrons. The van der Waals surface area contributed by atoms with Crippen molar-refractivity contribution < 1.29 is 0 Å². The van der Waals surface area contributed by atoms with Crippen molar-refractivity contribution in [3.8, 4) is 0 Å². The van der Waals surface area contributed by atoms with E-state index < -0.39 is 0 Å². The van der Waals surface area contributed by atoms with Gasteiger partial charge in [0.05, 0.1) is 11.2 Å². The van der Waals surface area contributed by atoms with Gasteiger partial charge in [0.1, 0.15) is 4.34 Å². The molecule has 2 heterocycles. The summed E-state index contributed by atoms with van der Waals surface area (Å²) in [4.78, 5) is 4.46. The molecule has 1 aromatic carbocycles. The van der Waals surface area contributed by atoms with E-state index in [0.717, 1.165) is 33.9 Å². The Bertz CT molecular complexity index is 570. The third kappa shape index (κ3) is 2.79. The smallest absolute Gasteiger partial charge is 0.113 e. The molecule has 19 heavy (non-hydrogen) atoms. The van der Waals surface area contributed by atoms with Gasteiger partial charge < -0.3 is 5.32 Å². The Kier molecular flexibility index (Phi) is 4.08. The third-order valence-electron chi connectivity index (χ3n) is 3.60. The number of hydrogen-bond acceptors (Lipinski definition) is 3. The molecule has 1 aromatic heterocycles. The van der Waals surface area contributed by atoms with Crippen LogP contribution in [0.5, 0.6) is 0 Å². The minimum absolute atomic E-state index is 0.365. The first-order valence-electron chi connectivity index (χ1n) is 6.32. The minimum Gasteiger partial charge on any atom is -0.316 e. The van der Waals surface area contributed by atoms with Gasteiger partial charge in [0, 0.05) is 23.4 Å². The van der Waals surface area contributed by atoms with Gasteiger partial charge in [0.15, 0.2) is 0 Å². The van der Waals surface area contributed by atoms with Crippen LogP contribution < -0.4 is 5.32 Å². The maximum atomic E-state index is 6.34. The van der Waals surface area contributed by atoms with Crippen molar-refractivity contribution in [3.05, 3.63) is 50.4 Å². The van der Waals surface area contributed by atoms with Gasteiger partial charge in [-0.05, 0) is 24.6 Å². The average molecular weight is 313 g/mol. The predicted octanol–water partition coefficient (Wildman–Crippen LogP) is 4.31. The van der Waals surface area contributed by atoms with Crippen LogP contribution in [0.15, 0.2) is 30.5 Å². The van der Waals surface area contributed by atoms with Crippen molar-refractivity contribution in [2.45, 2.75) is 18.3 Å². The lowest BCUT2D eigenvalue weighted by atomic mass is 9.82. The zero-order valence-corrected chi connectivity index (χ0v) is 12.6. The topological polar surface area (TPSA) is 24.9 Å². The molecule has 0 spiro atoms. The van der Waals surface area contributed by atoms with E-state index in [9.17, 15) is 0 Å². The molecule has 1 aliphatic rings. The Morgan fingerprint density at radius 2 is 2.05 bits per heavy atom. The maximum absolute atomic E-state index is 6.34. The Morgan fingerprint density at radius 1 is 1.21 bits per heavy atom. The van der Waals surface area contributed by atoms with Crippen molar-refractivity contribution >= 4 is 34.5 Å². The second-order valence-electron chi connectivity index (χ2n) is 4.73. The zero-order chi connectivity index (χ0) is 13.2. The fraction of sp³-hybridized carbons (Fsp3) is 0.357. The molecular formula is C14H14Cl2N2S. The van der Waals surface area contributed by atoms with Gasteiger partial charge in [-0.1, -0.05) is 41.4 Å². The summed E-state index contributed by atoms with van der Waals surface area (Å²) in [6.45, 7) is 1.95. The van der Waals surface area contributed by atoms with Crippen molar-refractivity contribution in [1.29, 1.82) is 0 Å². The highest BCUT2D eigenvalue weighted by Gasteiger charge is 2.30. The van der Waals surface area contributed by atoms with Crippen molar-refractivity contribution in [1.82, 2.24) is 10.3 Å². The molecule has 2 aromatic rings. The highest BCUT2D eigenvalue weighted by Crippen LogP contribution is 2.41. The van der Waals surface area contributed by atoms with Crippen LogP contribution in [0.25, 0.3) is 0 Å². The van der Waals surface area contributed by atoms with E-state index in [0.29, 0.717) is 11.8 Å². The molecule has 0 radical (unpaired) electrons. The molecule has 1 saturated heterocycles. The number of halogens is 2. The lowest BCUT2D eigenvalue weighted by molar-refractivity contribution is 0.403. The number of benzene rings is 1. The summed E-state index contributed by atoms with van der Waals surface area (Å²) < 4.78 is 0.756. The first kappa shape index (κ1) is 13.4. The molecule has 0 amide bonds. The van der Waals surface area contributed by atoms with Crippen LogP contribution in [0, 0.1) is 0 Å². The second kappa shape index (κ2) is 5.80. The van der Waals surface area contributed by atoms with Crippen LogP contribution in [0.3, 0.4) is 0 Å². The lowest BCUT2D eigenvalue weighted by Gasteiger charge is -2.31. The number of hydrogen-bond donors (Lipinski definition) is 1. The van der Waals surface area contributed by atoms with Crippen LogP contribution in [0.1, 0.15) is 28.8 Å². The average Bonchev–Trinajstić information content (AvgIpc) is 2.86. The van der Waals surface area contributed by atoms with E-state index in [1.165, 1.54) is 5.56 Å². The molecule has 1 N–H and O–H groups in total. The van der Waals surface area contributed by atoms with Gasteiger partial charge in [-0.15, -0.1) is 11.3 Å². The van der Waals surface area contributed by atoms with E-state index in [1.807, 2.05) is 18.2 Å². The van der Waals surface area contributed by atoms with Gasteiger partial charge in [-0.3, -0.25) is 0 Å². The normalized spacial score (nSPS) is 23.5. The fourth-order valence-corrected chi connectivity index (χ4v) is 4.10. The van der Waals surface area contributed by atoms with Crippen LogP contribution in [0.2, 0.25) is 9.36 Å². The molecule has 0 aliphatic carbocycles. The molecule has 5 heteroatoms. The van der Waals surface area contributed by atoms with E-state index in [1.54, 1.807) is 17.5 Å². The first-order valence-corrected chi connectivity index (χ1v) is 7.89. The van der Waals surface area contributed by atoms with Crippen molar-refractivity contribution in [2.24, 2.45) is 0 Å². The summed E-state index contributed by atoms with van der Waals surface area (Å²) in [6, 6.07) is 8.08. The molecule has 2 atom stereocenters. The van der Waals surface area contributed by atoms with Crippen LogP contribution in [-0.2, 0) is 0 Å². The first-order chi connectivity index (χ1) is 9.25. The summed E-state index contributed by atoms with van der Waals surface area (Å²) in [5, 5.41) is 5.41. The summed E-state index contributed by atoms with van der Waals surface area (Å²) in [7, 11) is 0. The third-order valence-corrected chi connectivity index (χ3v) is 5.19. The van der Waals surface area contributed by atoms with E-state index in [-0.39, 0.29) is 0 Å². The summed E-state index contributed by atoms with van der Waals surface area (Å²) in [5.74, 6) is 0.767. The van der Waals surface area contributed by atoms with E-state index in [2.05, 4.69) is 16.4 Å². The quantitative estimate of drug-likeness (QED) is 0.893. The van der Waals surface area contributed by atoms with Gasteiger partial charge in [0.2, 0.25) is 0 Å². The summed E-state index contributed by atoms with van der Waals surface area (Å²) in [6.07, 6.45) is 2.81. The van der Waals surface area contributed by atoms with Gasteiger partial charge >= 0.3 is 0 Å². The van der Waals surface area contributed by atoms with Crippen LogP contribution >= 0.6 is 34.5 Å². The second-order valence-corrected chi connectivity index (χ2v) is 6.83.